The Morgan fingerprint density at radius 1 is 0.931 bits per heavy atom. The zero-order valence-electron chi connectivity index (χ0n) is 16.9. The molecule has 0 saturated carbocycles. The topological polar surface area (TPSA) is 67.4 Å². The van der Waals surface area contributed by atoms with Crippen molar-refractivity contribution in [3.8, 4) is 5.75 Å². The van der Waals surface area contributed by atoms with E-state index in [1.54, 1.807) is 19.2 Å². The van der Waals surface area contributed by atoms with Crippen LogP contribution in [-0.4, -0.2) is 25.0 Å². The molecule has 0 heterocycles. The summed E-state index contributed by atoms with van der Waals surface area (Å²) in [7, 11) is 1.55. The van der Waals surface area contributed by atoms with Crippen LogP contribution in [0.4, 0.5) is 5.69 Å². The summed E-state index contributed by atoms with van der Waals surface area (Å²) in [6, 6.07) is 20.4. The van der Waals surface area contributed by atoms with Crippen molar-refractivity contribution in [3.63, 3.8) is 0 Å². The molecule has 0 radical (unpaired) electrons. The lowest BCUT2D eigenvalue weighted by Gasteiger charge is -2.22. The predicted octanol–water partition coefficient (Wildman–Crippen LogP) is 4.17. The van der Waals surface area contributed by atoms with Gasteiger partial charge in [0.05, 0.1) is 19.2 Å². The van der Waals surface area contributed by atoms with Crippen molar-refractivity contribution in [2.24, 2.45) is 5.92 Å². The van der Waals surface area contributed by atoms with Crippen LogP contribution in [0.5, 0.6) is 5.75 Å². The van der Waals surface area contributed by atoms with Crippen LogP contribution in [0.1, 0.15) is 19.4 Å². The molecule has 2 amide bonds. The zero-order valence-corrected chi connectivity index (χ0v) is 16.9. The summed E-state index contributed by atoms with van der Waals surface area (Å²) in [5.74, 6) is 0.0533. The summed E-state index contributed by atoms with van der Waals surface area (Å²) in [5, 5.41) is 7.89. The van der Waals surface area contributed by atoms with Gasteiger partial charge in [0.25, 0.3) is 0 Å². The lowest BCUT2D eigenvalue weighted by Crippen LogP contribution is -2.47. The maximum atomic E-state index is 12.8. The van der Waals surface area contributed by atoms with E-state index in [0.717, 1.165) is 16.3 Å². The van der Waals surface area contributed by atoms with Crippen LogP contribution in [0.15, 0.2) is 66.7 Å². The molecule has 0 bridgehead atoms. The van der Waals surface area contributed by atoms with E-state index in [9.17, 15) is 9.59 Å². The van der Waals surface area contributed by atoms with Gasteiger partial charge < -0.3 is 15.4 Å². The molecule has 2 N–H and O–H groups in total. The average molecular weight is 390 g/mol. The fourth-order valence-electron chi connectivity index (χ4n) is 3.34. The first-order valence-corrected chi connectivity index (χ1v) is 9.69. The molecular weight excluding hydrogens is 364 g/mol. The molecule has 0 aliphatic carbocycles. The number of hydrogen-bond acceptors (Lipinski definition) is 3. The number of hydrogen-bond donors (Lipinski definition) is 2. The van der Waals surface area contributed by atoms with Crippen LogP contribution in [0.25, 0.3) is 10.8 Å². The summed E-state index contributed by atoms with van der Waals surface area (Å²) < 4.78 is 5.29. The predicted molar refractivity (Wildman–Crippen MR) is 116 cm³/mol. The van der Waals surface area contributed by atoms with Gasteiger partial charge in [0.1, 0.15) is 11.8 Å². The first-order chi connectivity index (χ1) is 14.0. The molecule has 0 fully saturated rings. The summed E-state index contributed by atoms with van der Waals surface area (Å²) in [6.45, 7) is 3.81. The molecule has 3 aromatic rings. The van der Waals surface area contributed by atoms with Gasteiger partial charge in [-0.3, -0.25) is 9.59 Å². The third-order valence-electron chi connectivity index (χ3n) is 4.86. The molecule has 0 aliphatic heterocycles. The molecule has 150 valence electrons. The number of nitrogens with one attached hydrogen (secondary N) is 2. The third-order valence-corrected chi connectivity index (χ3v) is 4.86. The quantitative estimate of drug-likeness (QED) is 0.636. The van der Waals surface area contributed by atoms with E-state index in [1.807, 2.05) is 68.4 Å². The molecule has 0 saturated heterocycles. The number of methoxy groups -OCH3 is 1. The van der Waals surface area contributed by atoms with E-state index in [1.165, 1.54) is 0 Å². The lowest BCUT2D eigenvalue weighted by atomic mass is 10.00. The normalized spacial score (nSPS) is 11.9. The van der Waals surface area contributed by atoms with Crippen LogP contribution in [0.2, 0.25) is 0 Å². The van der Waals surface area contributed by atoms with Gasteiger partial charge >= 0.3 is 0 Å². The van der Waals surface area contributed by atoms with Gasteiger partial charge in [-0.2, -0.15) is 0 Å². The van der Waals surface area contributed by atoms with Crippen molar-refractivity contribution in [2.45, 2.75) is 26.3 Å². The molecule has 0 aliphatic rings. The summed E-state index contributed by atoms with van der Waals surface area (Å²) >= 11 is 0. The number of anilines is 1. The second kappa shape index (κ2) is 9.24. The molecule has 0 aromatic heterocycles. The van der Waals surface area contributed by atoms with Crippen LogP contribution < -0.4 is 15.4 Å². The minimum absolute atomic E-state index is 0.0684. The Hall–Kier alpha value is -3.34. The zero-order chi connectivity index (χ0) is 20.8. The highest BCUT2D eigenvalue weighted by atomic mass is 16.5. The second-order valence-electron chi connectivity index (χ2n) is 7.29. The number of fused-ring (bicyclic) bond motifs is 1. The number of ether oxygens (including phenoxy) is 1. The molecule has 0 spiro atoms. The van der Waals surface area contributed by atoms with Crippen molar-refractivity contribution in [3.05, 3.63) is 72.3 Å². The van der Waals surface area contributed by atoms with Crippen LogP contribution in [0, 0.1) is 5.92 Å². The minimum Gasteiger partial charge on any atom is -0.495 e. The molecular formula is C24H26N2O3. The van der Waals surface area contributed by atoms with Gasteiger partial charge in [-0.15, -0.1) is 0 Å². The number of rotatable bonds is 7. The van der Waals surface area contributed by atoms with E-state index < -0.39 is 6.04 Å². The second-order valence-corrected chi connectivity index (χ2v) is 7.29. The molecule has 1 atom stereocenters. The van der Waals surface area contributed by atoms with Crippen molar-refractivity contribution >= 4 is 28.3 Å². The molecule has 29 heavy (non-hydrogen) atoms. The number of carbonyl (C=O) groups is 2. The molecule has 3 rings (SSSR count). The highest BCUT2D eigenvalue weighted by Gasteiger charge is 2.25. The smallest absolute Gasteiger partial charge is 0.247 e. The summed E-state index contributed by atoms with van der Waals surface area (Å²) in [5.41, 5.74) is 1.52. The molecule has 0 unspecified atom stereocenters. The lowest BCUT2D eigenvalue weighted by molar-refractivity contribution is -0.127. The third kappa shape index (κ3) is 4.93. The van der Waals surface area contributed by atoms with Crippen LogP contribution in [-0.2, 0) is 16.0 Å². The van der Waals surface area contributed by atoms with Gasteiger partial charge in [0.2, 0.25) is 11.8 Å². The first kappa shape index (κ1) is 20.4. The number of amides is 2. The Kier molecular flexibility index (Phi) is 6.50. The molecule has 3 aromatic carbocycles. The maximum absolute atomic E-state index is 12.8. The highest BCUT2D eigenvalue weighted by Crippen LogP contribution is 2.24. The van der Waals surface area contributed by atoms with E-state index >= 15 is 0 Å². The molecule has 5 nitrogen and oxygen atoms in total. The number of para-hydroxylation sites is 2. The fourth-order valence-corrected chi connectivity index (χ4v) is 3.34. The highest BCUT2D eigenvalue weighted by molar-refractivity contribution is 5.99. The van der Waals surface area contributed by atoms with Crippen molar-refractivity contribution in [2.75, 3.05) is 12.4 Å². The fraction of sp³-hybridized carbons (Fsp3) is 0.250. The van der Waals surface area contributed by atoms with Crippen molar-refractivity contribution in [1.29, 1.82) is 0 Å². The Labute approximate surface area is 171 Å². The average Bonchev–Trinajstić information content (AvgIpc) is 2.72. The monoisotopic (exact) mass is 390 g/mol. The Morgan fingerprint density at radius 2 is 1.62 bits per heavy atom. The van der Waals surface area contributed by atoms with Crippen LogP contribution in [0.3, 0.4) is 0 Å². The van der Waals surface area contributed by atoms with E-state index in [-0.39, 0.29) is 24.2 Å². The van der Waals surface area contributed by atoms with Crippen molar-refractivity contribution < 1.29 is 14.3 Å². The van der Waals surface area contributed by atoms with Crippen LogP contribution >= 0.6 is 0 Å². The maximum Gasteiger partial charge on any atom is 0.247 e. The SMILES string of the molecule is COc1ccccc1NC(=O)[C@H](NC(=O)Cc1cccc2ccccc12)C(C)C. The van der Waals surface area contributed by atoms with Crippen molar-refractivity contribution in [1.82, 2.24) is 5.32 Å². The van der Waals surface area contributed by atoms with E-state index in [4.69, 9.17) is 4.74 Å². The van der Waals surface area contributed by atoms with E-state index in [0.29, 0.717) is 11.4 Å². The minimum atomic E-state index is -0.651. The van der Waals surface area contributed by atoms with Gasteiger partial charge in [-0.25, -0.2) is 0 Å². The van der Waals surface area contributed by atoms with Gasteiger partial charge in [0.15, 0.2) is 0 Å². The van der Waals surface area contributed by atoms with Gasteiger partial charge in [-0.05, 0) is 34.4 Å². The largest absolute Gasteiger partial charge is 0.495 e. The van der Waals surface area contributed by atoms with Gasteiger partial charge in [-0.1, -0.05) is 68.4 Å². The molecule has 5 heteroatoms. The summed E-state index contributed by atoms with van der Waals surface area (Å²) in [6.07, 6.45) is 0.215. The number of benzene rings is 3. The summed E-state index contributed by atoms with van der Waals surface area (Å²) in [4.78, 5) is 25.6. The Morgan fingerprint density at radius 3 is 2.38 bits per heavy atom. The first-order valence-electron chi connectivity index (χ1n) is 9.69. The standard InChI is InChI=1S/C24H26N2O3/c1-16(2)23(24(28)25-20-13-6-7-14-21(20)29-3)26-22(27)15-18-11-8-10-17-9-4-5-12-19(17)18/h4-14,16,23H,15H2,1-3H3,(H,25,28)(H,26,27)/t23-/m1/s1. The van der Waals surface area contributed by atoms with Gasteiger partial charge in [0, 0.05) is 0 Å². The number of carbonyl (C=O) groups excluding carboxylic acids is 2. The van der Waals surface area contributed by atoms with E-state index in [2.05, 4.69) is 10.6 Å². The Bertz CT molecular complexity index is 1010. The Balaban J connectivity index is 1.72.